The van der Waals surface area contributed by atoms with E-state index in [-0.39, 0.29) is 12.1 Å². The molecule has 0 aliphatic rings. The van der Waals surface area contributed by atoms with Crippen LogP contribution in [0.2, 0.25) is 0 Å². The van der Waals surface area contributed by atoms with Crippen LogP contribution in [0.3, 0.4) is 0 Å². The van der Waals surface area contributed by atoms with Crippen LogP contribution in [0.4, 0.5) is 5.69 Å². The molecule has 0 saturated carbocycles. The van der Waals surface area contributed by atoms with E-state index in [1.54, 1.807) is 24.3 Å². The lowest BCUT2D eigenvalue weighted by atomic mass is 10.2. The highest BCUT2D eigenvalue weighted by molar-refractivity contribution is 6.05. The second-order valence-corrected chi connectivity index (χ2v) is 4.34. The molecule has 22 heavy (non-hydrogen) atoms. The first-order valence-corrected chi connectivity index (χ1v) is 7.00. The largest absolute Gasteiger partial charge is 0.494 e. The third kappa shape index (κ3) is 4.49. The van der Waals surface area contributed by atoms with Gasteiger partial charge in [-0.3, -0.25) is 4.79 Å². The molecular formula is C17H22N2O3. The van der Waals surface area contributed by atoms with Crippen molar-refractivity contribution in [2.45, 2.75) is 13.8 Å². The maximum atomic E-state index is 12.2. The molecular weight excluding hydrogens is 280 g/mol. The van der Waals surface area contributed by atoms with E-state index in [4.69, 9.17) is 9.47 Å². The zero-order valence-corrected chi connectivity index (χ0v) is 13.0. The van der Waals surface area contributed by atoms with Crippen molar-refractivity contribution in [2.75, 3.05) is 18.5 Å². The van der Waals surface area contributed by atoms with E-state index in [1.165, 1.54) is 0 Å². The van der Waals surface area contributed by atoms with E-state index in [9.17, 15) is 4.79 Å². The van der Waals surface area contributed by atoms with Crippen molar-refractivity contribution in [3.63, 3.8) is 0 Å². The van der Waals surface area contributed by atoms with Crippen molar-refractivity contribution >= 4 is 11.6 Å². The molecule has 0 fully saturated rings. The average Bonchev–Trinajstić information content (AvgIpc) is 2.51. The highest BCUT2D eigenvalue weighted by Crippen LogP contribution is 2.29. The van der Waals surface area contributed by atoms with Gasteiger partial charge in [0.2, 0.25) is 0 Å². The maximum absolute atomic E-state index is 12.2. The lowest BCUT2D eigenvalue weighted by Crippen LogP contribution is -2.13. The Morgan fingerprint density at radius 3 is 2.32 bits per heavy atom. The summed E-state index contributed by atoms with van der Waals surface area (Å²) in [6.07, 6.45) is 0. The minimum absolute atomic E-state index is 0. The van der Waals surface area contributed by atoms with E-state index < -0.39 is 0 Å². The number of rotatable bonds is 6. The number of hydrogen-bond acceptors (Lipinski definition) is 4. The molecule has 0 unspecified atom stereocenters. The Balaban J connectivity index is 0.00000242. The topological polar surface area (TPSA) is 82.6 Å². The number of ether oxygens (including phenoxy) is 2. The van der Waals surface area contributed by atoms with Gasteiger partial charge in [0.15, 0.2) is 0 Å². The minimum atomic E-state index is -0.176. The average molecular weight is 302 g/mol. The first-order valence-electron chi connectivity index (χ1n) is 7.00. The quantitative estimate of drug-likeness (QED) is 0.847. The molecule has 1 amide bonds. The van der Waals surface area contributed by atoms with Crippen LogP contribution in [0, 0.1) is 0 Å². The van der Waals surface area contributed by atoms with Crippen LogP contribution >= 0.6 is 0 Å². The van der Waals surface area contributed by atoms with Crippen molar-refractivity contribution in [1.29, 1.82) is 0 Å². The number of benzene rings is 2. The maximum Gasteiger partial charge on any atom is 0.255 e. The fraction of sp³-hybridized carbons (Fsp3) is 0.235. The summed E-state index contributed by atoms with van der Waals surface area (Å²) >= 11 is 0. The Labute approximate surface area is 130 Å². The van der Waals surface area contributed by atoms with Gasteiger partial charge in [-0.05, 0) is 38.1 Å². The van der Waals surface area contributed by atoms with Crippen LogP contribution in [-0.4, -0.2) is 19.1 Å². The van der Waals surface area contributed by atoms with E-state index in [1.807, 2.05) is 38.1 Å². The van der Waals surface area contributed by atoms with E-state index in [2.05, 4.69) is 5.32 Å². The highest BCUT2D eigenvalue weighted by atomic mass is 16.5. The Hall–Kier alpha value is -2.53. The van der Waals surface area contributed by atoms with Gasteiger partial charge in [-0.15, -0.1) is 0 Å². The lowest BCUT2D eigenvalue weighted by Gasteiger charge is -2.13. The number of amides is 1. The van der Waals surface area contributed by atoms with E-state index in [0.717, 1.165) is 0 Å². The van der Waals surface area contributed by atoms with Gasteiger partial charge in [-0.25, -0.2) is 0 Å². The van der Waals surface area contributed by atoms with Gasteiger partial charge in [0.25, 0.3) is 5.91 Å². The monoisotopic (exact) mass is 302 g/mol. The summed E-state index contributed by atoms with van der Waals surface area (Å²) in [6, 6.07) is 14.5. The van der Waals surface area contributed by atoms with Crippen molar-refractivity contribution in [1.82, 2.24) is 6.15 Å². The summed E-state index contributed by atoms with van der Waals surface area (Å²) in [4.78, 5) is 12.2. The SMILES string of the molecule is CCOc1ccc(OCC)c(NC(=O)c2ccccc2)c1.N. The molecule has 0 saturated heterocycles. The van der Waals surface area contributed by atoms with Crippen LogP contribution in [0.5, 0.6) is 11.5 Å². The zero-order valence-electron chi connectivity index (χ0n) is 13.0. The van der Waals surface area contributed by atoms with Crippen LogP contribution in [0.15, 0.2) is 48.5 Å². The third-order valence-electron chi connectivity index (χ3n) is 2.85. The smallest absolute Gasteiger partial charge is 0.255 e. The number of hydrogen-bond donors (Lipinski definition) is 2. The Bertz CT molecular complexity index is 600. The van der Waals surface area contributed by atoms with Crippen molar-refractivity contribution in [3.8, 4) is 11.5 Å². The van der Waals surface area contributed by atoms with Gasteiger partial charge in [0.05, 0.1) is 18.9 Å². The summed E-state index contributed by atoms with van der Waals surface area (Å²) in [6.45, 7) is 4.92. The molecule has 2 rings (SSSR count). The number of carbonyl (C=O) groups excluding carboxylic acids is 1. The molecule has 118 valence electrons. The second-order valence-electron chi connectivity index (χ2n) is 4.34. The van der Waals surface area contributed by atoms with Crippen LogP contribution in [0.1, 0.15) is 24.2 Å². The minimum Gasteiger partial charge on any atom is -0.494 e. The molecule has 0 bridgehead atoms. The third-order valence-corrected chi connectivity index (χ3v) is 2.85. The molecule has 5 heteroatoms. The summed E-state index contributed by atoms with van der Waals surface area (Å²) in [5, 5.41) is 2.87. The van der Waals surface area contributed by atoms with Gasteiger partial charge in [0.1, 0.15) is 11.5 Å². The number of nitrogens with one attached hydrogen (secondary N) is 1. The number of anilines is 1. The van der Waals surface area contributed by atoms with Gasteiger partial charge < -0.3 is 20.9 Å². The van der Waals surface area contributed by atoms with Gasteiger partial charge in [0, 0.05) is 11.6 Å². The molecule has 4 N–H and O–H groups in total. The van der Waals surface area contributed by atoms with Gasteiger partial charge >= 0.3 is 0 Å². The molecule has 0 spiro atoms. The first-order chi connectivity index (χ1) is 10.2. The lowest BCUT2D eigenvalue weighted by molar-refractivity contribution is 0.102. The normalized spacial score (nSPS) is 9.55. The zero-order chi connectivity index (χ0) is 15.1. The van der Waals surface area contributed by atoms with Crippen molar-refractivity contribution in [2.24, 2.45) is 0 Å². The predicted octanol–water partition coefficient (Wildman–Crippen LogP) is 3.90. The summed E-state index contributed by atoms with van der Waals surface area (Å²) in [5.41, 5.74) is 1.21. The van der Waals surface area contributed by atoms with E-state index >= 15 is 0 Å². The van der Waals surface area contributed by atoms with Gasteiger partial charge in [-0.1, -0.05) is 18.2 Å². The Morgan fingerprint density at radius 2 is 1.68 bits per heavy atom. The standard InChI is InChI=1S/C17H19NO3.H3N/c1-3-20-14-10-11-16(21-4-2)15(12-14)18-17(19)13-8-6-5-7-9-13;/h5-12H,3-4H2,1-2H3,(H,18,19);1H3. The summed E-state index contributed by atoms with van der Waals surface area (Å²) < 4.78 is 11.0. The van der Waals surface area contributed by atoms with Crippen molar-refractivity contribution < 1.29 is 14.3 Å². The molecule has 0 aliphatic carbocycles. The Kier molecular flexibility index (Phi) is 6.92. The molecule has 0 aliphatic heterocycles. The summed E-state index contributed by atoms with van der Waals surface area (Å²) in [5.74, 6) is 1.15. The number of carbonyl (C=O) groups is 1. The molecule has 0 heterocycles. The highest BCUT2D eigenvalue weighted by Gasteiger charge is 2.11. The first kappa shape index (κ1) is 17.5. The van der Waals surface area contributed by atoms with Crippen LogP contribution in [-0.2, 0) is 0 Å². The summed E-state index contributed by atoms with van der Waals surface area (Å²) in [7, 11) is 0. The fourth-order valence-electron chi connectivity index (χ4n) is 1.93. The van der Waals surface area contributed by atoms with Crippen LogP contribution in [0.25, 0.3) is 0 Å². The molecule has 0 radical (unpaired) electrons. The van der Waals surface area contributed by atoms with Gasteiger partial charge in [-0.2, -0.15) is 0 Å². The Morgan fingerprint density at radius 1 is 1.00 bits per heavy atom. The van der Waals surface area contributed by atoms with E-state index in [0.29, 0.717) is 36.0 Å². The fourth-order valence-corrected chi connectivity index (χ4v) is 1.93. The predicted molar refractivity (Wildman–Crippen MR) is 88.2 cm³/mol. The van der Waals surface area contributed by atoms with Crippen molar-refractivity contribution in [3.05, 3.63) is 54.1 Å². The molecule has 0 aromatic heterocycles. The molecule has 0 atom stereocenters. The molecule has 2 aromatic carbocycles. The molecule has 5 nitrogen and oxygen atoms in total. The molecule has 2 aromatic rings. The second kappa shape index (κ2) is 8.69. The van der Waals surface area contributed by atoms with Crippen LogP contribution < -0.4 is 20.9 Å².